The maximum absolute atomic E-state index is 13.6. The molecule has 3 aromatic carbocycles. The molecule has 0 unspecified atom stereocenters. The van der Waals surface area contributed by atoms with E-state index in [-0.39, 0.29) is 10.8 Å². The Morgan fingerprint density at radius 2 is 1.50 bits per heavy atom. The van der Waals surface area contributed by atoms with Crippen LogP contribution in [0.5, 0.6) is 5.75 Å². The third kappa shape index (κ3) is 4.02. The minimum atomic E-state index is -0.363. The summed E-state index contributed by atoms with van der Waals surface area (Å²) in [7, 11) is 0. The number of hydrogen-bond donors (Lipinski definition) is 0. The fraction of sp³-hybridized carbons (Fsp3) is 0.222. The molecule has 0 saturated heterocycles. The van der Waals surface area contributed by atoms with Crippen molar-refractivity contribution in [1.29, 1.82) is 0 Å². The monoisotopic (exact) mass is 398 g/mol. The zero-order chi connectivity index (χ0) is 21.1. The second kappa shape index (κ2) is 8.19. The Bertz CT molecular complexity index is 1200. The topological polar surface area (TPSA) is 39.4 Å². The van der Waals surface area contributed by atoms with Gasteiger partial charge in [0.2, 0.25) is 11.2 Å². The van der Waals surface area contributed by atoms with Crippen molar-refractivity contribution in [3.05, 3.63) is 100 Å². The molecule has 0 bridgehead atoms. The number of benzene rings is 3. The SMILES string of the molecule is CC(C)(C)c1oc2cccc(-c3ccccc3)c2c(=O)c1OCCc1ccccc1. The highest BCUT2D eigenvalue weighted by atomic mass is 16.5. The van der Waals surface area contributed by atoms with Crippen molar-refractivity contribution in [3.63, 3.8) is 0 Å². The first-order valence-electron chi connectivity index (χ1n) is 10.3. The summed E-state index contributed by atoms with van der Waals surface area (Å²) in [5, 5.41) is 0.561. The first kappa shape index (κ1) is 20.0. The van der Waals surface area contributed by atoms with E-state index in [1.165, 1.54) is 5.56 Å². The normalized spacial score (nSPS) is 11.6. The molecule has 152 valence electrons. The Kier molecular flexibility index (Phi) is 5.45. The van der Waals surface area contributed by atoms with Gasteiger partial charge in [0.25, 0.3) is 0 Å². The van der Waals surface area contributed by atoms with E-state index < -0.39 is 0 Å². The minimum absolute atomic E-state index is 0.117. The summed E-state index contributed by atoms with van der Waals surface area (Å²) in [6, 6.07) is 25.8. The van der Waals surface area contributed by atoms with Crippen LogP contribution in [-0.4, -0.2) is 6.61 Å². The lowest BCUT2D eigenvalue weighted by Crippen LogP contribution is -2.21. The third-order valence-electron chi connectivity index (χ3n) is 5.12. The van der Waals surface area contributed by atoms with Crippen molar-refractivity contribution in [2.24, 2.45) is 0 Å². The van der Waals surface area contributed by atoms with Crippen LogP contribution in [0.4, 0.5) is 0 Å². The predicted octanol–water partition coefficient (Wildman–Crippen LogP) is 6.38. The van der Waals surface area contributed by atoms with Gasteiger partial charge < -0.3 is 9.15 Å². The Balaban J connectivity index is 1.82. The molecule has 0 fully saturated rings. The highest BCUT2D eigenvalue weighted by molar-refractivity contribution is 5.94. The molecule has 3 heteroatoms. The van der Waals surface area contributed by atoms with Crippen LogP contribution >= 0.6 is 0 Å². The maximum Gasteiger partial charge on any atom is 0.235 e. The molecule has 3 nitrogen and oxygen atoms in total. The largest absolute Gasteiger partial charge is 0.486 e. The number of hydrogen-bond acceptors (Lipinski definition) is 3. The van der Waals surface area contributed by atoms with Crippen molar-refractivity contribution < 1.29 is 9.15 Å². The lowest BCUT2D eigenvalue weighted by atomic mass is 9.91. The van der Waals surface area contributed by atoms with Crippen molar-refractivity contribution in [1.82, 2.24) is 0 Å². The average molecular weight is 399 g/mol. The molecule has 0 amide bonds. The highest BCUT2D eigenvalue weighted by Gasteiger charge is 2.27. The smallest absolute Gasteiger partial charge is 0.235 e. The molecule has 0 N–H and O–H groups in total. The summed E-state index contributed by atoms with van der Waals surface area (Å²) in [4.78, 5) is 13.6. The van der Waals surface area contributed by atoms with Gasteiger partial charge >= 0.3 is 0 Å². The molecule has 1 aromatic heterocycles. The van der Waals surface area contributed by atoms with Crippen molar-refractivity contribution >= 4 is 11.0 Å². The first-order chi connectivity index (χ1) is 14.4. The van der Waals surface area contributed by atoms with E-state index in [2.05, 4.69) is 12.1 Å². The Morgan fingerprint density at radius 1 is 0.833 bits per heavy atom. The van der Waals surface area contributed by atoms with Gasteiger partial charge in [0.1, 0.15) is 5.58 Å². The molecule has 4 rings (SSSR count). The number of rotatable bonds is 5. The summed E-state index contributed by atoms with van der Waals surface area (Å²) in [6.45, 7) is 6.50. The maximum atomic E-state index is 13.6. The minimum Gasteiger partial charge on any atom is -0.486 e. The fourth-order valence-corrected chi connectivity index (χ4v) is 3.62. The van der Waals surface area contributed by atoms with Crippen molar-refractivity contribution in [2.45, 2.75) is 32.6 Å². The van der Waals surface area contributed by atoms with Gasteiger partial charge in [-0.25, -0.2) is 0 Å². The van der Waals surface area contributed by atoms with Gasteiger partial charge in [-0.3, -0.25) is 4.79 Å². The molecule has 4 aromatic rings. The van der Waals surface area contributed by atoms with Crippen LogP contribution in [0, 0.1) is 0 Å². The molecular formula is C27H26O3. The van der Waals surface area contributed by atoms with Gasteiger partial charge in [-0.2, -0.15) is 0 Å². The van der Waals surface area contributed by atoms with E-state index in [1.54, 1.807) is 0 Å². The summed E-state index contributed by atoms with van der Waals surface area (Å²) < 4.78 is 12.4. The van der Waals surface area contributed by atoms with E-state index in [1.807, 2.05) is 87.5 Å². The summed E-state index contributed by atoms with van der Waals surface area (Å²) in [6.07, 6.45) is 0.724. The lowest BCUT2D eigenvalue weighted by Gasteiger charge is -2.21. The van der Waals surface area contributed by atoms with Gasteiger partial charge in [-0.05, 0) is 22.8 Å². The van der Waals surface area contributed by atoms with Crippen LogP contribution in [0.1, 0.15) is 32.1 Å². The lowest BCUT2D eigenvalue weighted by molar-refractivity contribution is 0.286. The van der Waals surface area contributed by atoms with Gasteiger partial charge in [0, 0.05) is 11.8 Å². The standard InChI is InChI=1S/C27H26O3/c1-27(2,3)26-25(29-18-17-19-11-6-4-7-12-19)24(28)23-21(15-10-16-22(23)30-26)20-13-8-5-9-14-20/h4-16H,17-18H2,1-3H3. The molecule has 0 aliphatic rings. The molecule has 0 radical (unpaired) electrons. The second-order valence-corrected chi connectivity index (χ2v) is 8.47. The number of ether oxygens (including phenoxy) is 1. The zero-order valence-corrected chi connectivity index (χ0v) is 17.6. The highest BCUT2D eigenvalue weighted by Crippen LogP contribution is 2.35. The molecule has 0 spiro atoms. The Morgan fingerprint density at radius 3 is 2.17 bits per heavy atom. The van der Waals surface area contributed by atoms with E-state index in [0.717, 1.165) is 17.5 Å². The Labute approximate surface area is 176 Å². The van der Waals surface area contributed by atoms with E-state index >= 15 is 0 Å². The average Bonchev–Trinajstić information content (AvgIpc) is 2.75. The molecule has 0 atom stereocenters. The first-order valence-corrected chi connectivity index (χ1v) is 10.3. The molecule has 0 aliphatic carbocycles. The summed E-state index contributed by atoms with van der Waals surface area (Å²) in [5.74, 6) is 0.896. The van der Waals surface area contributed by atoms with Crippen molar-refractivity contribution in [2.75, 3.05) is 6.61 Å². The molecule has 0 saturated carbocycles. The quantitative estimate of drug-likeness (QED) is 0.392. The van der Waals surface area contributed by atoms with Crippen molar-refractivity contribution in [3.8, 4) is 16.9 Å². The summed E-state index contributed by atoms with van der Waals surface area (Å²) >= 11 is 0. The zero-order valence-electron chi connectivity index (χ0n) is 17.6. The van der Waals surface area contributed by atoms with E-state index in [4.69, 9.17) is 9.15 Å². The van der Waals surface area contributed by atoms with Gasteiger partial charge in [0.15, 0.2) is 5.76 Å². The predicted molar refractivity (Wildman–Crippen MR) is 122 cm³/mol. The number of fused-ring (bicyclic) bond motifs is 1. The van der Waals surface area contributed by atoms with Gasteiger partial charge in [-0.1, -0.05) is 93.6 Å². The molecule has 1 heterocycles. The van der Waals surface area contributed by atoms with Gasteiger partial charge in [0.05, 0.1) is 12.0 Å². The molecular weight excluding hydrogens is 372 g/mol. The van der Waals surface area contributed by atoms with E-state index in [0.29, 0.717) is 29.1 Å². The van der Waals surface area contributed by atoms with Crippen LogP contribution in [0.25, 0.3) is 22.1 Å². The fourth-order valence-electron chi connectivity index (χ4n) is 3.62. The van der Waals surface area contributed by atoms with E-state index in [9.17, 15) is 4.79 Å². The van der Waals surface area contributed by atoms with Crippen LogP contribution < -0.4 is 10.2 Å². The second-order valence-electron chi connectivity index (χ2n) is 8.47. The molecule has 30 heavy (non-hydrogen) atoms. The van der Waals surface area contributed by atoms with Crippen LogP contribution in [0.2, 0.25) is 0 Å². The summed E-state index contributed by atoms with van der Waals surface area (Å²) in [5.41, 5.74) is 3.11. The molecule has 0 aliphatic heterocycles. The van der Waals surface area contributed by atoms with Crippen LogP contribution in [0.15, 0.2) is 88.1 Å². The van der Waals surface area contributed by atoms with Crippen LogP contribution in [0.3, 0.4) is 0 Å². The van der Waals surface area contributed by atoms with Gasteiger partial charge in [-0.15, -0.1) is 0 Å². The Hall–Kier alpha value is -3.33. The third-order valence-corrected chi connectivity index (χ3v) is 5.12. The van der Waals surface area contributed by atoms with Crippen LogP contribution in [-0.2, 0) is 11.8 Å².